The van der Waals surface area contributed by atoms with Gasteiger partial charge >= 0.3 is 6.03 Å². The lowest BCUT2D eigenvalue weighted by atomic mass is 10.0. The molecule has 0 saturated carbocycles. The number of carbonyl (C=O) groups excluding carboxylic acids is 1. The van der Waals surface area contributed by atoms with Crippen molar-refractivity contribution in [2.45, 2.75) is 39.0 Å². The second-order valence-electron chi connectivity index (χ2n) is 7.03. The van der Waals surface area contributed by atoms with Crippen LogP contribution in [-0.2, 0) is 11.4 Å². The van der Waals surface area contributed by atoms with E-state index in [-0.39, 0.29) is 37.1 Å². The number of oxime groups is 1. The summed E-state index contributed by atoms with van der Waals surface area (Å²) in [6.45, 7) is 4.19. The van der Waals surface area contributed by atoms with Gasteiger partial charge in [0.2, 0.25) is 0 Å². The summed E-state index contributed by atoms with van der Waals surface area (Å²) in [5.74, 6) is -0.342. The minimum atomic E-state index is -0.342. The molecule has 28 heavy (non-hydrogen) atoms. The zero-order chi connectivity index (χ0) is 20.1. The van der Waals surface area contributed by atoms with Crippen molar-refractivity contribution in [3.05, 3.63) is 70.5 Å². The van der Waals surface area contributed by atoms with E-state index in [0.29, 0.717) is 17.0 Å². The normalized spacial score (nSPS) is 15.9. The summed E-state index contributed by atoms with van der Waals surface area (Å²) in [4.78, 5) is 19.7. The summed E-state index contributed by atoms with van der Waals surface area (Å²) >= 11 is 6.24. The minimum absolute atomic E-state index is 0.0324. The second kappa shape index (κ2) is 9.06. The Morgan fingerprint density at radius 2 is 2.00 bits per heavy atom. The maximum absolute atomic E-state index is 14.1. The number of rotatable bonds is 6. The molecule has 0 saturated heterocycles. The quantitative estimate of drug-likeness (QED) is 0.766. The Morgan fingerprint density at radius 1 is 1.29 bits per heavy atom. The van der Waals surface area contributed by atoms with Crippen molar-refractivity contribution >= 4 is 23.3 Å². The van der Waals surface area contributed by atoms with Crippen molar-refractivity contribution in [1.82, 2.24) is 10.2 Å². The molecule has 5 nitrogen and oxygen atoms in total. The van der Waals surface area contributed by atoms with Gasteiger partial charge in [-0.2, -0.15) is 0 Å². The van der Waals surface area contributed by atoms with Crippen LogP contribution in [0.4, 0.5) is 9.18 Å². The van der Waals surface area contributed by atoms with Crippen molar-refractivity contribution in [3.8, 4) is 0 Å². The van der Waals surface area contributed by atoms with Gasteiger partial charge in [-0.1, -0.05) is 53.2 Å². The highest BCUT2D eigenvalue weighted by Gasteiger charge is 2.28. The number of hydrogen-bond acceptors (Lipinski definition) is 3. The van der Waals surface area contributed by atoms with E-state index in [0.717, 1.165) is 11.3 Å². The number of halogens is 2. The summed E-state index contributed by atoms with van der Waals surface area (Å²) in [6.07, 6.45) is 0.197. The monoisotopic (exact) mass is 403 g/mol. The number of hydrogen-bond donors (Lipinski definition) is 1. The maximum Gasteiger partial charge on any atom is 0.318 e. The van der Waals surface area contributed by atoms with Gasteiger partial charge in [0.15, 0.2) is 6.10 Å². The average Bonchev–Trinajstić information content (AvgIpc) is 3.11. The lowest BCUT2D eigenvalue weighted by molar-refractivity contribution is 0.0584. The van der Waals surface area contributed by atoms with Gasteiger partial charge in [0.1, 0.15) is 5.82 Å². The largest absolute Gasteiger partial charge is 0.390 e. The van der Waals surface area contributed by atoms with Gasteiger partial charge in [0.05, 0.1) is 18.8 Å². The first-order valence-corrected chi connectivity index (χ1v) is 9.58. The summed E-state index contributed by atoms with van der Waals surface area (Å²) in [7, 11) is 0. The summed E-state index contributed by atoms with van der Waals surface area (Å²) < 4.78 is 14.1. The number of nitrogens with zero attached hydrogens (tertiary/aromatic N) is 2. The third-order valence-corrected chi connectivity index (χ3v) is 4.69. The molecule has 0 aromatic heterocycles. The van der Waals surface area contributed by atoms with E-state index in [9.17, 15) is 9.18 Å². The molecule has 1 N–H and O–H groups in total. The molecule has 0 aliphatic carbocycles. The van der Waals surface area contributed by atoms with Crippen LogP contribution in [0.2, 0.25) is 5.02 Å². The van der Waals surface area contributed by atoms with E-state index >= 15 is 0 Å². The Labute approximate surface area is 169 Å². The molecule has 1 aliphatic heterocycles. The van der Waals surface area contributed by atoms with Gasteiger partial charge in [-0.25, -0.2) is 9.18 Å². The Morgan fingerprint density at radius 3 is 2.71 bits per heavy atom. The van der Waals surface area contributed by atoms with Crippen LogP contribution in [0.15, 0.2) is 53.7 Å². The summed E-state index contributed by atoms with van der Waals surface area (Å²) in [5.41, 5.74) is 2.01. The third kappa shape index (κ3) is 5.01. The molecule has 2 amide bonds. The van der Waals surface area contributed by atoms with Gasteiger partial charge in [-0.3, -0.25) is 0 Å². The van der Waals surface area contributed by atoms with Crippen LogP contribution in [0.3, 0.4) is 0 Å². The lowest BCUT2D eigenvalue weighted by Gasteiger charge is -2.26. The van der Waals surface area contributed by atoms with Crippen molar-refractivity contribution in [3.63, 3.8) is 0 Å². The van der Waals surface area contributed by atoms with Crippen LogP contribution in [-0.4, -0.2) is 35.3 Å². The molecule has 0 radical (unpaired) electrons. The molecule has 1 heterocycles. The third-order valence-electron chi connectivity index (χ3n) is 4.36. The highest BCUT2D eigenvalue weighted by Crippen LogP contribution is 2.24. The van der Waals surface area contributed by atoms with Crippen LogP contribution in [0, 0.1) is 5.82 Å². The molecule has 3 rings (SSSR count). The van der Waals surface area contributed by atoms with E-state index in [2.05, 4.69) is 10.5 Å². The Balaban J connectivity index is 1.71. The lowest BCUT2D eigenvalue weighted by Crippen LogP contribution is -2.45. The Hall–Kier alpha value is -2.60. The topological polar surface area (TPSA) is 53.9 Å². The molecule has 0 spiro atoms. The smallest absolute Gasteiger partial charge is 0.318 e. The van der Waals surface area contributed by atoms with E-state index in [4.69, 9.17) is 16.4 Å². The first kappa shape index (κ1) is 20.1. The number of benzene rings is 2. The Kier molecular flexibility index (Phi) is 6.52. The second-order valence-corrected chi connectivity index (χ2v) is 7.43. The highest BCUT2D eigenvalue weighted by molar-refractivity contribution is 6.34. The van der Waals surface area contributed by atoms with Crippen LogP contribution in [0.5, 0.6) is 0 Å². The fourth-order valence-electron chi connectivity index (χ4n) is 3.02. The standard InChI is InChI=1S/C21H23ClFN3O2/c1-14(2)24-21(27)26(12-15-7-3-6-10-19(15)23)13-16-11-20(25-28-16)17-8-4-5-9-18(17)22/h3-10,14,16H,11-13H2,1-2H3,(H,24,27)/t16-/m0/s1. The van der Waals surface area contributed by atoms with Crippen LogP contribution >= 0.6 is 11.6 Å². The van der Waals surface area contributed by atoms with Crippen molar-refractivity contribution in [2.24, 2.45) is 5.16 Å². The molecule has 0 fully saturated rings. The van der Waals surface area contributed by atoms with E-state index in [1.807, 2.05) is 32.0 Å². The summed E-state index contributed by atoms with van der Waals surface area (Å²) in [5, 5.41) is 7.61. The van der Waals surface area contributed by atoms with Gasteiger partial charge < -0.3 is 15.1 Å². The van der Waals surface area contributed by atoms with Gasteiger partial charge in [-0.05, 0) is 26.0 Å². The minimum Gasteiger partial charge on any atom is -0.390 e. The SMILES string of the molecule is CC(C)NC(=O)N(Cc1ccccc1F)C[C@@H]1CC(c2ccccc2Cl)=NO1. The molecule has 0 unspecified atom stereocenters. The van der Waals surface area contributed by atoms with Crippen LogP contribution < -0.4 is 5.32 Å². The van der Waals surface area contributed by atoms with Gasteiger partial charge in [0, 0.05) is 28.6 Å². The van der Waals surface area contributed by atoms with E-state index in [1.54, 1.807) is 29.2 Å². The van der Waals surface area contributed by atoms with Gasteiger partial charge in [0.25, 0.3) is 0 Å². The molecule has 1 aliphatic rings. The number of nitrogens with one attached hydrogen (secondary N) is 1. The fourth-order valence-corrected chi connectivity index (χ4v) is 3.26. The molecule has 2 aromatic rings. The van der Waals surface area contributed by atoms with Crippen molar-refractivity contribution in [1.29, 1.82) is 0 Å². The molecule has 0 bridgehead atoms. The predicted octanol–water partition coefficient (Wildman–Crippen LogP) is 4.59. The number of amides is 2. The predicted molar refractivity (Wildman–Crippen MR) is 108 cm³/mol. The molecule has 2 aromatic carbocycles. The molecule has 148 valence electrons. The first-order chi connectivity index (χ1) is 13.4. The fraction of sp³-hybridized carbons (Fsp3) is 0.333. The summed E-state index contributed by atoms with van der Waals surface area (Å²) in [6, 6.07) is 13.6. The average molecular weight is 404 g/mol. The molecular formula is C21H23ClFN3O2. The van der Waals surface area contributed by atoms with Crippen molar-refractivity contribution < 1.29 is 14.0 Å². The molecule has 1 atom stereocenters. The number of urea groups is 1. The maximum atomic E-state index is 14.1. The first-order valence-electron chi connectivity index (χ1n) is 9.20. The number of carbonyl (C=O) groups is 1. The molecular weight excluding hydrogens is 381 g/mol. The van der Waals surface area contributed by atoms with Crippen LogP contribution in [0.25, 0.3) is 0 Å². The highest BCUT2D eigenvalue weighted by atomic mass is 35.5. The van der Waals surface area contributed by atoms with Crippen molar-refractivity contribution in [2.75, 3.05) is 6.54 Å². The Bertz CT molecular complexity index is 872. The zero-order valence-corrected chi connectivity index (χ0v) is 16.6. The van der Waals surface area contributed by atoms with Crippen LogP contribution in [0.1, 0.15) is 31.4 Å². The molecule has 7 heteroatoms. The van der Waals surface area contributed by atoms with E-state index in [1.165, 1.54) is 6.07 Å². The van der Waals surface area contributed by atoms with E-state index < -0.39 is 0 Å². The zero-order valence-electron chi connectivity index (χ0n) is 15.9. The van der Waals surface area contributed by atoms with Gasteiger partial charge in [-0.15, -0.1) is 0 Å².